The summed E-state index contributed by atoms with van der Waals surface area (Å²) in [6, 6.07) is 6.91. The van der Waals surface area contributed by atoms with Gasteiger partial charge in [-0.2, -0.15) is 0 Å². The van der Waals surface area contributed by atoms with Gasteiger partial charge in [-0.25, -0.2) is 0 Å². The van der Waals surface area contributed by atoms with E-state index < -0.39 is 12.1 Å². The van der Waals surface area contributed by atoms with Gasteiger partial charge in [0, 0.05) is 31.5 Å². The quantitative estimate of drug-likeness (QED) is 0.676. The average molecular weight is 363 g/mol. The highest BCUT2D eigenvalue weighted by molar-refractivity contribution is 5.98. The number of benzene rings is 1. The van der Waals surface area contributed by atoms with Gasteiger partial charge < -0.3 is 19.5 Å². The molecule has 0 bridgehead atoms. The van der Waals surface area contributed by atoms with Crippen molar-refractivity contribution in [1.82, 2.24) is 4.90 Å². The SMILES string of the molecule is CCCOc1ccc(C(=O)CCC(=O)N2CCOC(CC(=O)O)C2)cc1. The number of carbonyl (C=O) groups excluding carboxylic acids is 2. The van der Waals surface area contributed by atoms with Crippen LogP contribution in [0.15, 0.2) is 24.3 Å². The molecule has 0 radical (unpaired) electrons. The van der Waals surface area contributed by atoms with Crippen LogP contribution < -0.4 is 4.74 Å². The highest BCUT2D eigenvalue weighted by atomic mass is 16.5. The van der Waals surface area contributed by atoms with Crippen LogP contribution in [0, 0.1) is 0 Å². The molecule has 1 aromatic carbocycles. The van der Waals surface area contributed by atoms with Crippen molar-refractivity contribution < 1.29 is 29.0 Å². The molecule has 0 aliphatic carbocycles. The molecule has 1 heterocycles. The zero-order valence-corrected chi connectivity index (χ0v) is 15.0. The summed E-state index contributed by atoms with van der Waals surface area (Å²) < 4.78 is 10.8. The van der Waals surface area contributed by atoms with Gasteiger partial charge in [0.15, 0.2) is 5.78 Å². The molecule has 26 heavy (non-hydrogen) atoms. The first-order chi connectivity index (χ1) is 12.5. The molecular formula is C19H25NO6. The third kappa shape index (κ3) is 6.15. The van der Waals surface area contributed by atoms with Gasteiger partial charge in [-0.05, 0) is 30.7 Å². The van der Waals surface area contributed by atoms with Crippen LogP contribution in [0.4, 0.5) is 0 Å². The number of ether oxygens (including phenoxy) is 2. The van der Waals surface area contributed by atoms with Crippen molar-refractivity contribution >= 4 is 17.7 Å². The maximum absolute atomic E-state index is 12.3. The molecule has 7 nitrogen and oxygen atoms in total. The minimum absolute atomic E-state index is 0.101. The molecule has 0 spiro atoms. The maximum atomic E-state index is 12.3. The molecule has 1 aliphatic heterocycles. The molecule has 1 aliphatic rings. The zero-order valence-electron chi connectivity index (χ0n) is 15.0. The summed E-state index contributed by atoms with van der Waals surface area (Å²) in [5, 5.41) is 8.82. The molecule has 0 aromatic heterocycles. The molecule has 2 rings (SSSR count). The number of hydrogen-bond acceptors (Lipinski definition) is 5. The number of hydrogen-bond donors (Lipinski definition) is 1. The monoisotopic (exact) mass is 363 g/mol. The standard InChI is InChI=1S/C19H25NO6/c1-2-10-25-15-5-3-14(4-6-15)17(21)7-8-18(22)20-9-11-26-16(13-20)12-19(23)24/h3-6,16H,2,7-13H2,1H3,(H,23,24). The molecule has 1 N–H and O–H groups in total. The van der Waals surface area contributed by atoms with E-state index in [9.17, 15) is 14.4 Å². The molecule has 1 unspecified atom stereocenters. The number of aliphatic carboxylic acids is 1. The Balaban J connectivity index is 1.80. The topological polar surface area (TPSA) is 93.1 Å². The summed E-state index contributed by atoms with van der Waals surface area (Å²) in [5.41, 5.74) is 0.548. The van der Waals surface area contributed by atoms with Gasteiger partial charge in [-0.3, -0.25) is 14.4 Å². The van der Waals surface area contributed by atoms with Crippen LogP contribution >= 0.6 is 0 Å². The lowest BCUT2D eigenvalue weighted by Gasteiger charge is -2.32. The number of Topliss-reactive ketones (excluding diaryl/α,β-unsaturated/α-hetero) is 1. The maximum Gasteiger partial charge on any atom is 0.306 e. The van der Waals surface area contributed by atoms with Crippen LogP contribution in [0.1, 0.15) is 43.0 Å². The zero-order chi connectivity index (χ0) is 18.9. The molecule has 0 saturated carbocycles. The van der Waals surface area contributed by atoms with Gasteiger partial charge in [0.25, 0.3) is 0 Å². The van der Waals surface area contributed by atoms with Crippen molar-refractivity contribution in [3.63, 3.8) is 0 Å². The van der Waals surface area contributed by atoms with Crippen molar-refractivity contribution in [2.24, 2.45) is 0 Å². The van der Waals surface area contributed by atoms with E-state index in [2.05, 4.69) is 0 Å². The first-order valence-corrected chi connectivity index (χ1v) is 8.86. The lowest BCUT2D eigenvalue weighted by atomic mass is 10.1. The summed E-state index contributed by atoms with van der Waals surface area (Å²) in [7, 11) is 0. The van der Waals surface area contributed by atoms with Crippen LogP contribution in [0.25, 0.3) is 0 Å². The molecule has 1 aromatic rings. The van der Waals surface area contributed by atoms with E-state index >= 15 is 0 Å². The highest BCUT2D eigenvalue weighted by Crippen LogP contribution is 2.16. The van der Waals surface area contributed by atoms with E-state index in [1.165, 1.54) is 0 Å². The fourth-order valence-corrected chi connectivity index (χ4v) is 2.74. The van der Waals surface area contributed by atoms with Gasteiger partial charge in [0.05, 0.1) is 25.7 Å². The van der Waals surface area contributed by atoms with E-state index in [4.69, 9.17) is 14.6 Å². The Labute approximate surface area is 152 Å². The number of morpholine rings is 1. The number of nitrogens with zero attached hydrogens (tertiary/aromatic N) is 1. The van der Waals surface area contributed by atoms with Crippen LogP contribution in [-0.4, -0.2) is 60.1 Å². The third-order valence-corrected chi connectivity index (χ3v) is 4.11. The van der Waals surface area contributed by atoms with Crippen LogP contribution in [-0.2, 0) is 14.3 Å². The van der Waals surface area contributed by atoms with Gasteiger partial charge in [-0.15, -0.1) is 0 Å². The second-order valence-corrected chi connectivity index (χ2v) is 6.23. The third-order valence-electron chi connectivity index (χ3n) is 4.11. The van der Waals surface area contributed by atoms with Gasteiger partial charge >= 0.3 is 5.97 Å². The highest BCUT2D eigenvalue weighted by Gasteiger charge is 2.26. The molecule has 1 saturated heterocycles. The summed E-state index contributed by atoms with van der Waals surface area (Å²) in [4.78, 5) is 36.9. The fourth-order valence-electron chi connectivity index (χ4n) is 2.74. The fraction of sp³-hybridized carbons (Fsp3) is 0.526. The summed E-state index contributed by atoms with van der Waals surface area (Å²) in [6.45, 7) is 3.64. The van der Waals surface area contributed by atoms with Crippen molar-refractivity contribution in [1.29, 1.82) is 0 Å². The number of amides is 1. The van der Waals surface area contributed by atoms with Crippen molar-refractivity contribution in [3.05, 3.63) is 29.8 Å². The molecular weight excluding hydrogens is 338 g/mol. The number of carboxylic acid groups (broad SMARTS) is 1. The minimum atomic E-state index is -0.953. The van der Waals surface area contributed by atoms with E-state index in [0.717, 1.165) is 12.2 Å². The summed E-state index contributed by atoms with van der Waals surface area (Å²) in [5.74, 6) is -0.487. The van der Waals surface area contributed by atoms with E-state index in [1.807, 2.05) is 6.92 Å². The largest absolute Gasteiger partial charge is 0.494 e. The first-order valence-electron chi connectivity index (χ1n) is 8.86. The van der Waals surface area contributed by atoms with Crippen LogP contribution in [0.2, 0.25) is 0 Å². The number of ketones is 1. The van der Waals surface area contributed by atoms with Gasteiger partial charge in [0.2, 0.25) is 5.91 Å². The molecule has 142 valence electrons. The smallest absolute Gasteiger partial charge is 0.306 e. The van der Waals surface area contributed by atoms with E-state index in [-0.39, 0.29) is 37.5 Å². The van der Waals surface area contributed by atoms with Crippen LogP contribution in [0.3, 0.4) is 0 Å². The van der Waals surface area contributed by atoms with Crippen molar-refractivity contribution in [2.45, 2.75) is 38.7 Å². The Morgan fingerprint density at radius 2 is 1.96 bits per heavy atom. The predicted molar refractivity (Wildman–Crippen MR) is 94.4 cm³/mol. The summed E-state index contributed by atoms with van der Waals surface area (Å²) in [6.07, 6.45) is 0.519. The normalized spacial score (nSPS) is 17.0. The number of rotatable bonds is 9. The van der Waals surface area contributed by atoms with E-state index in [0.29, 0.717) is 25.3 Å². The molecule has 1 fully saturated rings. The van der Waals surface area contributed by atoms with Crippen LogP contribution in [0.5, 0.6) is 5.75 Å². The Bertz CT molecular complexity index is 627. The van der Waals surface area contributed by atoms with E-state index in [1.54, 1.807) is 29.2 Å². The molecule has 7 heteroatoms. The molecule has 1 amide bonds. The average Bonchev–Trinajstić information content (AvgIpc) is 2.64. The lowest BCUT2D eigenvalue weighted by molar-refractivity contribution is -0.147. The number of carbonyl (C=O) groups is 3. The van der Waals surface area contributed by atoms with Gasteiger partial charge in [-0.1, -0.05) is 6.92 Å². The molecule has 1 atom stereocenters. The van der Waals surface area contributed by atoms with Crippen molar-refractivity contribution in [2.75, 3.05) is 26.3 Å². The first kappa shape index (κ1) is 19.9. The second-order valence-electron chi connectivity index (χ2n) is 6.23. The lowest BCUT2D eigenvalue weighted by Crippen LogP contribution is -2.46. The van der Waals surface area contributed by atoms with Gasteiger partial charge in [0.1, 0.15) is 5.75 Å². The Morgan fingerprint density at radius 3 is 2.62 bits per heavy atom. The summed E-state index contributed by atoms with van der Waals surface area (Å²) >= 11 is 0. The second kappa shape index (κ2) is 9.91. The Kier molecular flexibility index (Phi) is 7.59. The van der Waals surface area contributed by atoms with Crippen molar-refractivity contribution in [3.8, 4) is 5.75 Å². The Hall–Kier alpha value is -2.41. The Morgan fingerprint density at radius 1 is 1.23 bits per heavy atom. The predicted octanol–water partition coefficient (Wildman–Crippen LogP) is 2.14. The number of carboxylic acids is 1. The minimum Gasteiger partial charge on any atom is -0.494 e.